The third-order valence-corrected chi connectivity index (χ3v) is 2.82. The van der Waals surface area contributed by atoms with E-state index in [2.05, 4.69) is 4.74 Å². The molecule has 0 aliphatic carbocycles. The van der Waals surface area contributed by atoms with Crippen LogP contribution in [-0.2, 0) is 0 Å². The second-order valence-electron chi connectivity index (χ2n) is 3.90. The minimum absolute atomic E-state index is 0.00198. The molecule has 2 nitrogen and oxygen atoms in total. The molecular formula is C13H8ClF4NO. The number of hydrogen-bond acceptors (Lipinski definition) is 2. The van der Waals surface area contributed by atoms with Crippen LogP contribution in [0.3, 0.4) is 0 Å². The Labute approximate surface area is 116 Å². The van der Waals surface area contributed by atoms with Crippen LogP contribution in [0.15, 0.2) is 36.4 Å². The van der Waals surface area contributed by atoms with Gasteiger partial charge in [-0.1, -0.05) is 29.8 Å². The Balaban J connectivity index is 2.56. The van der Waals surface area contributed by atoms with E-state index in [1.807, 2.05) is 0 Å². The number of halogens is 5. The van der Waals surface area contributed by atoms with E-state index in [1.165, 1.54) is 18.2 Å². The number of alkyl halides is 3. The van der Waals surface area contributed by atoms with E-state index in [-0.39, 0.29) is 21.8 Å². The summed E-state index contributed by atoms with van der Waals surface area (Å²) in [5, 5.41) is 0.0446. The fraction of sp³-hybridized carbons (Fsp3) is 0.0769. The maximum absolute atomic E-state index is 13.9. The molecule has 20 heavy (non-hydrogen) atoms. The number of benzene rings is 2. The molecule has 0 radical (unpaired) electrons. The first kappa shape index (κ1) is 14.5. The van der Waals surface area contributed by atoms with Gasteiger partial charge in [0.2, 0.25) is 0 Å². The Hall–Kier alpha value is -1.95. The largest absolute Gasteiger partial charge is 0.573 e. The van der Waals surface area contributed by atoms with Gasteiger partial charge in [0.15, 0.2) is 0 Å². The molecule has 0 aliphatic heterocycles. The van der Waals surface area contributed by atoms with Crippen molar-refractivity contribution in [3.05, 3.63) is 47.2 Å². The van der Waals surface area contributed by atoms with E-state index >= 15 is 0 Å². The zero-order valence-electron chi connectivity index (χ0n) is 9.84. The molecule has 0 aromatic heterocycles. The lowest BCUT2D eigenvalue weighted by atomic mass is 10.0. The van der Waals surface area contributed by atoms with Crippen molar-refractivity contribution in [1.82, 2.24) is 0 Å². The second-order valence-corrected chi connectivity index (χ2v) is 4.30. The van der Waals surface area contributed by atoms with Gasteiger partial charge in [0.05, 0.1) is 10.7 Å². The van der Waals surface area contributed by atoms with Gasteiger partial charge in [-0.25, -0.2) is 4.39 Å². The van der Waals surface area contributed by atoms with Crippen molar-refractivity contribution < 1.29 is 22.3 Å². The van der Waals surface area contributed by atoms with Crippen molar-refractivity contribution in [3.63, 3.8) is 0 Å². The minimum Gasteiger partial charge on any atom is -0.405 e. The zero-order chi connectivity index (χ0) is 14.9. The first-order valence-corrected chi connectivity index (χ1v) is 5.75. The van der Waals surface area contributed by atoms with Crippen LogP contribution in [0.1, 0.15) is 0 Å². The maximum Gasteiger partial charge on any atom is 0.573 e. The summed E-state index contributed by atoms with van der Waals surface area (Å²) in [6.07, 6.45) is -4.87. The number of ether oxygens (including phenoxy) is 1. The van der Waals surface area contributed by atoms with Crippen LogP contribution in [0.5, 0.6) is 5.75 Å². The molecule has 2 N–H and O–H groups in total. The summed E-state index contributed by atoms with van der Waals surface area (Å²) in [5.74, 6) is -1.30. The molecule has 0 bridgehead atoms. The average molecular weight is 306 g/mol. The first-order chi connectivity index (χ1) is 9.28. The van der Waals surface area contributed by atoms with Gasteiger partial charge in [-0.3, -0.25) is 0 Å². The third kappa shape index (κ3) is 3.14. The summed E-state index contributed by atoms with van der Waals surface area (Å²) in [5.41, 5.74) is 5.24. The Morgan fingerprint density at radius 2 is 1.70 bits per heavy atom. The van der Waals surface area contributed by atoms with Crippen LogP contribution in [0.2, 0.25) is 5.02 Å². The molecule has 0 fully saturated rings. The summed E-state index contributed by atoms with van der Waals surface area (Å²) in [4.78, 5) is 0. The Morgan fingerprint density at radius 1 is 1.05 bits per heavy atom. The van der Waals surface area contributed by atoms with Gasteiger partial charge in [0.1, 0.15) is 11.6 Å². The topological polar surface area (TPSA) is 35.2 Å². The SMILES string of the molecule is Nc1cc(F)c(-c2ccccc2OC(F)(F)F)cc1Cl. The molecule has 0 atom stereocenters. The van der Waals surface area contributed by atoms with Crippen molar-refractivity contribution in [2.75, 3.05) is 5.73 Å². The monoisotopic (exact) mass is 305 g/mol. The van der Waals surface area contributed by atoms with Gasteiger partial charge < -0.3 is 10.5 Å². The molecule has 0 heterocycles. The lowest BCUT2D eigenvalue weighted by Crippen LogP contribution is -2.17. The van der Waals surface area contributed by atoms with E-state index in [9.17, 15) is 17.6 Å². The predicted octanol–water partition coefficient (Wildman–Crippen LogP) is 4.63. The van der Waals surface area contributed by atoms with Crippen molar-refractivity contribution in [2.24, 2.45) is 0 Å². The maximum atomic E-state index is 13.9. The normalized spacial score (nSPS) is 11.4. The summed E-state index contributed by atoms with van der Waals surface area (Å²) < 4.78 is 54.7. The van der Waals surface area contributed by atoms with Crippen LogP contribution >= 0.6 is 11.6 Å². The van der Waals surface area contributed by atoms with Crippen molar-refractivity contribution in [3.8, 4) is 16.9 Å². The molecule has 2 aromatic carbocycles. The summed E-state index contributed by atoms with van der Waals surface area (Å²) in [6.45, 7) is 0. The predicted molar refractivity (Wildman–Crippen MR) is 67.9 cm³/mol. The molecule has 0 saturated heterocycles. The number of hydrogen-bond donors (Lipinski definition) is 1. The number of nitrogen functional groups attached to an aromatic ring is 1. The van der Waals surface area contributed by atoms with Crippen LogP contribution < -0.4 is 10.5 Å². The Kier molecular flexibility index (Phi) is 3.76. The van der Waals surface area contributed by atoms with E-state index in [1.54, 1.807) is 0 Å². The van der Waals surface area contributed by atoms with Crippen LogP contribution in [0, 0.1) is 5.82 Å². The molecule has 0 unspecified atom stereocenters. The van der Waals surface area contributed by atoms with E-state index in [0.29, 0.717) is 0 Å². The van der Waals surface area contributed by atoms with Crippen LogP contribution in [0.4, 0.5) is 23.2 Å². The standard InChI is InChI=1S/C13H8ClF4NO/c14-9-5-8(10(15)6-11(9)19)7-3-1-2-4-12(7)20-13(16,17)18/h1-6H,19H2. The number of anilines is 1. The number of rotatable bonds is 2. The van der Waals surface area contributed by atoms with Gasteiger partial charge in [-0.05, 0) is 18.2 Å². The molecule has 0 spiro atoms. The van der Waals surface area contributed by atoms with E-state index in [0.717, 1.165) is 18.2 Å². The minimum atomic E-state index is -4.87. The second kappa shape index (κ2) is 5.20. The van der Waals surface area contributed by atoms with Gasteiger partial charge in [-0.15, -0.1) is 13.2 Å². The first-order valence-electron chi connectivity index (χ1n) is 5.37. The highest BCUT2D eigenvalue weighted by atomic mass is 35.5. The fourth-order valence-electron chi connectivity index (χ4n) is 1.67. The van der Waals surface area contributed by atoms with Gasteiger partial charge in [0, 0.05) is 11.1 Å². The number of nitrogens with two attached hydrogens (primary N) is 1. The highest BCUT2D eigenvalue weighted by Crippen LogP contribution is 2.37. The fourth-order valence-corrected chi connectivity index (χ4v) is 1.84. The lowest BCUT2D eigenvalue weighted by molar-refractivity contribution is -0.274. The Bertz CT molecular complexity index is 643. The van der Waals surface area contributed by atoms with Gasteiger partial charge >= 0.3 is 6.36 Å². The van der Waals surface area contributed by atoms with E-state index < -0.39 is 17.9 Å². The summed E-state index contributed by atoms with van der Waals surface area (Å²) >= 11 is 5.77. The highest BCUT2D eigenvalue weighted by Gasteiger charge is 2.32. The summed E-state index contributed by atoms with van der Waals surface area (Å²) in [7, 11) is 0. The van der Waals surface area contributed by atoms with Crippen molar-refractivity contribution in [2.45, 2.75) is 6.36 Å². The average Bonchev–Trinajstić information content (AvgIpc) is 2.33. The molecule has 0 saturated carbocycles. The smallest absolute Gasteiger partial charge is 0.405 e. The molecule has 7 heteroatoms. The van der Waals surface area contributed by atoms with E-state index in [4.69, 9.17) is 17.3 Å². The van der Waals surface area contributed by atoms with Crippen LogP contribution in [0.25, 0.3) is 11.1 Å². The third-order valence-electron chi connectivity index (χ3n) is 2.49. The molecule has 0 aliphatic rings. The lowest BCUT2D eigenvalue weighted by Gasteiger charge is -2.14. The zero-order valence-corrected chi connectivity index (χ0v) is 10.6. The highest BCUT2D eigenvalue weighted by molar-refractivity contribution is 6.33. The van der Waals surface area contributed by atoms with Gasteiger partial charge in [0.25, 0.3) is 0 Å². The van der Waals surface area contributed by atoms with Crippen molar-refractivity contribution in [1.29, 1.82) is 0 Å². The van der Waals surface area contributed by atoms with Crippen LogP contribution in [-0.4, -0.2) is 6.36 Å². The molecule has 2 rings (SSSR count). The molecule has 2 aromatic rings. The summed E-state index contributed by atoms with van der Waals surface area (Å²) in [6, 6.07) is 7.30. The molecular weight excluding hydrogens is 298 g/mol. The molecule has 0 amide bonds. The number of para-hydroxylation sites is 1. The van der Waals surface area contributed by atoms with Crippen molar-refractivity contribution >= 4 is 17.3 Å². The van der Waals surface area contributed by atoms with Gasteiger partial charge in [-0.2, -0.15) is 0 Å². The quantitative estimate of drug-likeness (QED) is 0.648. The molecule has 106 valence electrons. The Morgan fingerprint density at radius 3 is 2.35 bits per heavy atom.